The van der Waals surface area contributed by atoms with Crippen LogP contribution in [0.15, 0.2) is 18.2 Å². The van der Waals surface area contributed by atoms with Crippen LogP contribution in [0.1, 0.15) is 18.9 Å². The summed E-state index contributed by atoms with van der Waals surface area (Å²) in [6.45, 7) is 2.31. The highest BCUT2D eigenvalue weighted by Crippen LogP contribution is 2.20. The molecule has 1 aromatic rings. The van der Waals surface area contributed by atoms with Gasteiger partial charge in [0.2, 0.25) is 0 Å². The topological polar surface area (TPSA) is 47.3 Å². The average Bonchev–Trinajstić information content (AvgIpc) is 2.26. The Morgan fingerprint density at radius 2 is 2.27 bits per heavy atom. The Balaban J connectivity index is 2.98. The lowest BCUT2D eigenvalue weighted by atomic mass is 10.2. The van der Waals surface area contributed by atoms with Crippen LogP contribution in [-0.2, 0) is 0 Å². The minimum Gasteiger partial charge on any atom is -0.376 e. The molecule has 0 bridgehead atoms. The molecule has 0 aliphatic carbocycles. The second-order valence-electron chi connectivity index (χ2n) is 3.18. The predicted molar refractivity (Wildman–Crippen MR) is 55.8 cm³/mol. The first-order valence-corrected chi connectivity index (χ1v) is 4.78. The highest BCUT2D eigenvalue weighted by atomic mass is 19.1. The van der Waals surface area contributed by atoms with Gasteiger partial charge >= 0.3 is 0 Å². The van der Waals surface area contributed by atoms with Gasteiger partial charge in [0.15, 0.2) is 0 Å². The minimum absolute atomic E-state index is 0.226. The number of benzene rings is 1. The third-order valence-electron chi connectivity index (χ3n) is 2.08. The van der Waals surface area contributed by atoms with Crippen molar-refractivity contribution in [2.24, 2.45) is 0 Å². The number of aliphatic hydroxyl groups is 1. The van der Waals surface area contributed by atoms with Crippen molar-refractivity contribution in [3.8, 4) is 6.07 Å². The second-order valence-corrected chi connectivity index (χ2v) is 3.18. The van der Waals surface area contributed by atoms with Gasteiger partial charge in [-0.15, -0.1) is 0 Å². The number of hydrogen-bond acceptors (Lipinski definition) is 3. The fourth-order valence-electron chi connectivity index (χ4n) is 1.37. The van der Waals surface area contributed by atoms with E-state index in [1.807, 2.05) is 13.0 Å². The van der Waals surface area contributed by atoms with E-state index in [0.29, 0.717) is 12.2 Å². The van der Waals surface area contributed by atoms with Gasteiger partial charge in [-0.25, -0.2) is 4.39 Å². The maximum absolute atomic E-state index is 13.5. The van der Waals surface area contributed by atoms with Crippen molar-refractivity contribution < 1.29 is 9.50 Å². The van der Waals surface area contributed by atoms with Crippen molar-refractivity contribution in [1.29, 1.82) is 5.26 Å². The van der Waals surface area contributed by atoms with Crippen molar-refractivity contribution in [3.63, 3.8) is 0 Å². The van der Waals surface area contributed by atoms with Crippen molar-refractivity contribution in [3.05, 3.63) is 29.6 Å². The molecule has 0 saturated heterocycles. The van der Waals surface area contributed by atoms with E-state index in [1.54, 1.807) is 0 Å². The zero-order valence-corrected chi connectivity index (χ0v) is 8.57. The Morgan fingerprint density at radius 3 is 2.73 bits per heavy atom. The molecule has 4 heteroatoms. The largest absolute Gasteiger partial charge is 0.376 e. The molecule has 0 saturated carbocycles. The Labute approximate surface area is 88.4 Å². The molecule has 1 rings (SSSR count). The molecule has 0 aliphatic rings. The molecule has 80 valence electrons. The summed E-state index contributed by atoms with van der Waals surface area (Å²) in [5, 5.41) is 17.6. The maximum Gasteiger partial charge on any atom is 0.147 e. The highest BCUT2D eigenvalue weighted by Gasteiger charge is 2.10. The molecule has 0 fully saturated rings. The summed E-state index contributed by atoms with van der Waals surface area (Å²) < 4.78 is 13.5. The van der Waals surface area contributed by atoms with E-state index in [9.17, 15) is 4.39 Å². The van der Waals surface area contributed by atoms with Gasteiger partial charge in [-0.3, -0.25) is 0 Å². The molecule has 0 heterocycles. The van der Waals surface area contributed by atoms with Crippen molar-refractivity contribution in [2.45, 2.75) is 13.3 Å². The summed E-state index contributed by atoms with van der Waals surface area (Å²) in [5.74, 6) is -0.475. The van der Waals surface area contributed by atoms with Crippen LogP contribution in [0.4, 0.5) is 10.1 Å². The van der Waals surface area contributed by atoms with Gasteiger partial charge in [-0.2, -0.15) is 5.26 Å². The molecule has 0 amide bonds. The fourth-order valence-corrected chi connectivity index (χ4v) is 1.37. The van der Waals surface area contributed by atoms with E-state index in [1.165, 1.54) is 23.1 Å². The van der Waals surface area contributed by atoms with Gasteiger partial charge < -0.3 is 10.0 Å². The number of rotatable bonds is 4. The van der Waals surface area contributed by atoms with Crippen molar-refractivity contribution >= 4 is 5.69 Å². The van der Waals surface area contributed by atoms with E-state index in [2.05, 4.69) is 0 Å². The molecule has 3 nitrogen and oxygen atoms in total. The number of aliphatic hydroxyl groups excluding tert-OH is 1. The van der Waals surface area contributed by atoms with Gasteiger partial charge in [0.1, 0.15) is 12.5 Å². The first-order chi connectivity index (χ1) is 7.22. The quantitative estimate of drug-likeness (QED) is 0.768. The van der Waals surface area contributed by atoms with Crippen LogP contribution < -0.4 is 4.90 Å². The summed E-state index contributed by atoms with van der Waals surface area (Å²) in [6.07, 6.45) is 0.819. The second kappa shape index (κ2) is 5.32. The van der Waals surface area contributed by atoms with Crippen molar-refractivity contribution in [2.75, 3.05) is 18.2 Å². The Morgan fingerprint density at radius 1 is 1.53 bits per heavy atom. The molecule has 1 N–H and O–H groups in total. The Kier molecular flexibility index (Phi) is 4.07. The lowest BCUT2D eigenvalue weighted by Crippen LogP contribution is -2.25. The molecule has 0 unspecified atom stereocenters. The lowest BCUT2D eigenvalue weighted by Gasteiger charge is -2.21. The Bertz CT molecular complexity index is 373. The van der Waals surface area contributed by atoms with Crippen LogP contribution in [0.2, 0.25) is 0 Å². The summed E-state index contributed by atoms with van der Waals surface area (Å²) in [7, 11) is 0. The van der Waals surface area contributed by atoms with Gasteiger partial charge in [-0.1, -0.05) is 6.92 Å². The first-order valence-electron chi connectivity index (χ1n) is 4.78. The molecule has 0 aliphatic heterocycles. The van der Waals surface area contributed by atoms with Gasteiger partial charge in [0.25, 0.3) is 0 Å². The van der Waals surface area contributed by atoms with Gasteiger partial charge in [0, 0.05) is 6.54 Å². The number of nitrogens with zero attached hydrogens (tertiary/aromatic N) is 2. The summed E-state index contributed by atoms with van der Waals surface area (Å²) in [5.41, 5.74) is 0.615. The van der Waals surface area contributed by atoms with Crippen LogP contribution in [-0.4, -0.2) is 18.4 Å². The van der Waals surface area contributed by atoms with Crippen LogP contribution in [0.5, 0.6) is 0 Å². The Hall–Kier alpha value is -1.60. The van der Waals surface area contributed by atoms with Crippen LogP contribution in [0, 0.1) is 17.1 Å². The molecule has 0 radical (unpaired) electrons. The smallest absolute Gasteiger partial charge is 0.147 e. The zero-order chi connectivity index (χ0) is 11.3. The highest BCUT2D eigenvalue weighted by molar-refractivity contribution is 5.50. The van der Waals surface area contributed by atoms with E-state index in [4.69, 9.17) is 10.4 Å². The molecule has 0 spiro atoms. The number of nitriles is 1. The molecule has 0 aromatic heterocycles. The molecule has 1 aromatic carbocycles. The van der Waals surface area contributed by atoms with E-state index >= 15 is 0 Å². The zero-order valence-electron chi connectivity index (χ0n) is 8.57. The summed E-state index contributed by atoms with van der Waals surface area (Å²) in [4.78, 5) is 1.52. The SMILES string of the molecule is CCCN(CO)c1ccc(C#N)cc1F. The van der Waals surface area contributed by atoms with Crippen LogP contribution >= 0.6 is 0 Å². The predicted octanol–water partition coefficient (Wildman–Crippen LogP) is 1.86. The molecular formula is C11H13FN2O. The molecule has 0 atom stereocenters. The average molecular weight is 208 g/mol. The summed E-state index contributed by atoms with van der Waals surface area (Å²) >= 11 is 0. The van der Waals surface area contributed by atoms with Gasteiger partial charge in [-0.05, 0) is 24.6 Å². The van der Waals surface area contributed by atoms with Gasteiger partial charge in [0.05, 0.1) is 17.3 Å². The fraction of sp³-hybridized carbons (Fsp3) is 0.364. The number of anilines is 1. The monoisotopic (exact) mass is 208 g/mol. The summed E-state index contributed by atoms with van der Waals surface area (Å²) in [6, 6.07) is 6.09. The molecular weight excluding hydrogens is 195 g/mol. The normalized spacial score (nSPS) is 9.73. The number of halogens is 1. The van der Waals surface area contributed by atoms with E-state index in [-0.39, 0.29) is 12.3 Å². The molecule has 15 heavy (non-hydrogen) atoms. The van der Waals surface area contributed by atoms with Crippen LogP contribution in [0.25, 0.3) is 0 Å². The van der Waals surface area contributed by atoms with Crippen molar-refractivity contribution in [1.82, 2.24) is 0 Å². The van der Waals surface area contributed by atoms with E-state index < -0.39 is 5.82 Å². The minimum atomic E-state index is -0.475. The van der Waals surface area contributed by atoms with E-state index in [0.717, 1.165) is 6.42 Å². The maximum atomic E-state index is 13.5. The number of hydrogen-bond donors (Lipinski definition) is 1. The third-order valence-corrected chi connectivity index (χ3v) is 2.08. The lowest BCUT2D eigenvalue weighted by molar-refractivity contribution is 0.289. The third kappa shape index (κ3) is 2.67. The standard InChI is InChI=1S/C11H13FN2O/c1-2-5-14(8-15)11-4-3-9(7-13)6-10(11)12/h3-4,6,15H,2,5,8H2,1H3. The first kappa shape index (κ1) is 11.5. The van der Waals surface area contributed by atoms with Crippen LogP contribution in [0.3, 0.4) is 0 Å².